The van der Waals surface area contributed by atoms with Gasteiger partial charge in [-0.1, -0.05) is 13.3 Å². The Hall–Kier alpha value is -1.79. The molecule has 7 nitrogen and oxygen atoms in total. The molecule has 3 amide bonds. The van der Waals surface area contributed by atoms with Gasteiger partial charge in [-0.3, -0.25) is 14.9 Å². The number of nitrogens with zero attached hydrogens (tertiary/aromatic N) is 1. The van der Waals surface area contributed by atoms with Gasteiger partial charge in [-0.05, 0) is 12.8 Å². The van der Waals surface area contributed by atoms with E-state index in [1.807, 2.05) is 6.92 Å². The summed E-state index contributed by atoms with van der Waals surface area (Å²) in [5.74, 6) is -1.04. The van der Waals surface area contributed by atoms with Gasteiger partial charge >= 0.3 is 6.09 Å². The van der Waals surface area contributed by atoms with Gasteiger partial charge in [-0.2, -0.15) is 0 Å². The van der Waals surface area contributed by atoms with Crippen LogP contribution in [0.2, 0.25) is 0 Å². The lowest BCUT2D eigenvalue weighted by Gasteiger charge is -2.35. The van der Waals surface area contributed by atoms with Crippen molar-refractivity contribution in [1.29, 1.82) is 0 Å². The number of amides is 3. The van der Waals surface area contributed by atoms with E-state index in [2.05, 4.69) is 5.32 Å². The number of likely N-dealkylation sites (tertiary alicyclic amines) is 1. The highest BCUT2D eigenvalue weighted by atomic mass is 16.5. The molecule has 108 valence electrons. The van der Waals surface area contributed by atoms with E-state index in [0.717, 1.165) is 12.8 Å². The second kappa shape index (κ2) is 6.40. The Morgan fingerprint density at radius 1 is 1.42 bits per heavy atom. The van der Waals surface area contributed by atoms with Crippen molar-refractivity contribution in [1.82, 2.24) is 10.2 Å². The molecule has 0 aromatic rings. The van der Waals surface area contributed by atoms with Crippen LogP contribution in [0.15, 0.2) is 0 Å². The predicted octanol–water partition coefficient (Wildman–Crippen LogP) is 0.337. The van der Waals surface area contributed by atoms with E-state index in [1.54, 1.807) is 0 Å². The van der Waals surface area contributed by atoms with E-state index in [0.29, 0.717) is 19.4 Å². The van der Waals surface area contributed by atoms with Gasteiger partial charge in [-0.15, -0.1) is 0 Å². The first-order valence-electron chi connectivity index (χ1n) is 6.47. The molecule has 0 bridgehead atoms. The Balaban J connectivity index is 2.75. The standard InChI is InChI=1S/C12H21N3O4/c1-3-4-8-19-11(18)14-12(10(13)17)6-5-7-15(12)9(2)16/h3-8H2,1-2H3,(H2,13,17)(H,14,18). The van der Waals surface area contributed by atoms with Crippen molar-refractivity contribution < 1.29 is 19.1 Å². The second-order valence-corrected chi connectivity index (χ2v) is 4.61. The topological polar surface area (TPSA) is 102 Å². The molecule has 1 atom stereocenters. The Morgan fingerprint density at radius 2 is 2.11 bits per heavy atom. The fourth-order valence-corrected chi connectivity index (χ4v) is 2.21. The zero-order valence-corrected chi connectivity index (χ0v) is 11.4. The summed E-state index contributed by atoms with van der Waals surface area (Å²) in [5, 5.41) is 2.45. The Bertz CT molecular complexity index is 372. The number of carbonyl (C=O) groups excluding carboxylic acids is 3. The van der Waals surface area contributed by atoms with E-state index in [9.17, 15) is 14.4 Å². The molecule has 0 aromatic carbocycles. The highest BCUT2D eigenvalue weighted by Gasteiger charge is 2.49. The Labute approximate surface area is 112 Å². The average Bonchev–Trinajstić information content (AvgIpc) is 2.74. The summed E-state index contributed by atoms with van der Waals surface area (Å²) in [7, 11) is 0. The summed E-state index contributed by atoms with van der Waals surface area (Å²) >= 11 is 0. The van der Waals surface area contributed by atoms with Crippen LogP contribution in [0.3, 0.4) is 0 Å². The first-order chi connectivity index (χ1) is 8.94. The molecule has 3 N–H and O–H groups in total. The number of unbranched alkanes of at least 4 members (excludes halogenated alkanes) is 1. The van der Waals surface area contributed by atoms with Crippen molar-refractivity contribution in [3.63, 3.8) is 0 Å². The van der Waals surface area contributed by atoms with Crippen molar-refractivity contribution in [3.05, 3.63) is 0 Å². The van der Waals surface area contributed by atoms with Crippen LogP contribution >= 0.6 is 0 Å². The van der Waals surface area contributed by atoms with Gasteiger partial charge in [-0.25, -0.2) is 4.79 Å². The normalized spacial score (nSPS) is 22.1. The molecular formula is C12H21N3O4. The van der Waals surface area contributed by atoms with Crippen molar-refractivity contribution in [2.24, 2.45) is 5.73 Å². The zero-order valence-electron chi connectivity index (χ0n) is 11.4. The summed E-state index contributed by atoms with van der Waals surface area (Å²) in [4.78, 5) is 36.2. The molecule has 0 radical (unpaired) electrons. The number of rotatable bonds is 5. The molecule has 1 unspecified atom stereocenters. The first kappa shape index (κ1) is 15.3. The largest absolute Gasteiger partial charge is 0.450 e. The summed E-state index contributed by atoms with van der Waals surface area (Å²) in [6.07, 6.45) is 1.84. The third kappa shape index (κ3) is 3.36. The maximum atomic E-state index is 11.7. The fourth-order valence-electron chi connectivity index (χ4n) is 2.21. The predicted molar refractivity (Wildman–Crippen MR) is 67.9 cm³/mol. The van der Waals surface area contributed by atoms with E-state index in [4.69, 9.17) is 10.5 Å². The molecule has 0 aromatic heterocycles. The minimum Gasteiger partial charge on any atom is -0.450 e. The first-order valence-corrected chi connectivity index (χ1v) is 6.47. The van der Waals surface area contributed by atoms with Gasteiger partial charge in [0.2, 0.25) is 5.91 Å². The number of nitrogens with one attached hydrogen (secondary N) is 1. The van der Waals surface area contributed by atoms with Crippen molar-refractivity contribution >= 4 is 17.9 Å². The van der Waals surface area contributed by atoms with Crippen LogP contribution in [-0.4, -0.2) is 41.6 Å². The van der Waals surface area contributed by atoms with Crippen LogP contribution in [0.5, 0.6) is 0 Å². The van der Waals surface area contributed by atoms with E-state index in [1.165, 1.54) is 11.8 Å². The van der Waals surface area contributed by atoms with Crippen LogP contribution in [0.25, 0.3) is 0 Å². The van der Waals surface area contributed by atoms with Crippen molar-refractivity contribution in [3.8, 4) is 0 Å². The lowest BCUT2D eigenvalue weighted by atomic mass is 10.1. The zero-order chi connectivity index (χ0) is 14.5. The summed E-state index contributed by atoms with van der Waals surface area (Å²) < 4.78 is 4.95. The van der Waals surface area contributed by atoms with E-state index in [-0.39, 0.29) is 12.5 Å². The molecule has 1 saturated heterocycles. The van der Waals surface area contributed by atoms with Gasteiger partial charge in [0.05, 0.1) is 6.61 Å². The minimum atomic E-state index is -1.45. The number of hydrogen-bond donors (Lipinski definition) is 2. The third-order valence-corrected chi connectivity index (χ3v) is 3.21. The Kier molecular flexibility index (Phi) is 5.14. The minimum absolute atomic E-state index is 0.275. The molecule has 0 aliphatic carbocycles. The highest BCUT2D eigenvalue weighted by molar-refractivity contribution is 5.92. The van der Waals surface area contributed by atoms with Crippen molar-refractivity contribution in [2.75, 3.05) is 13.2 Å². The third-order valence-electron chi connectivity index (χ3n) is 3.21. The second-order valence-electron chi connectivity index (χ2n) is 4.61. The molecule has 0 spiro atoms. The van der Waals surface area contributed by atoms with Gasteiger partial charge in [0, 0.05) is 19.9 Å². The van der Waals surface area contributed by atoms with Crippen molar-refractivity contribution in [2.45, 2.75) is 45.2 Å². The molecule has 1 rings (SSSR count). The molecule has 1 fully saturated rings. The number of hydrogen-bond acceptors (Lipinski definition) is 4. The van der Waals surface area contributed by atoms with E-state index < -0.39 is 17.7 Å². The highest BCUT2D eigenvalue weighted by Crippen LogP contribution is 2.27. The van der Waals surface area contributed by atoms with Crippen LogP contribution in [0.4, 0.5) is 4.79 Å². The maximum Gasteiger partial charge on any atom is 0.409 e. The van der Waals surface area contributed by atoms with Crippen LogP contribution < -0.4 is 11.1 Å². The summed E-state index contributed by atoms with van der Waals surface area (Å²) in [5.41, 5.74) is 3.91. The molecule has 1 aliphatic heterocycles. The number of ether oxygens (including phenoxy) is 1. The van der Waals surface area contributed by atoms with Gasteiger partial charge in [0.15, 0.2) is 5.66 Å². The monoisotopic (exact) mass is 271 g/mol. The summed E-state index contributed by atoms with van der Waals surface area (Å²) in [6, 6.07) is 0. The van der Waals surface area contributed by atoms with Gasteiger partial charge < -0.3 is 15.4 Å². The quantitative estimate of drug-likeness (QED) is 0.704. The Morgan fingerprint density at radius 3 is 2.63 bits per heavy atom. The number of carbonyl (C=O) groups is 3. The molecule has 7 heteroatoms. The van der Waals surface area contributed by atoms with Crippen LogP contribution in [0, 0.1) is 0 Å². The fraction of sp³-hybridized carbons (Fsp3) is 0.750. The van der Waals surface area contributed by atoms with Gasteiger partial charge in [0.25, 0.3) is 5.91 Å². The van der Waals surface area contributed by atoms with E-state index >= 15 is 0 Å². The number of nitrogens with two attached hydrogens (primary N) is 1. The molecular weight excluding hydrogens is 250 g/mol. The molecule has 19 heavy (non-hydrogen) atoms. The number of primary amides is 1. The van der Waals surface area contributed by atoms with Gasteiger partial charge in [0.1, 0.15) is 0 Å². The maximum absolute atomic E-state index is 11.7. The SMILES string of the molecule is CCCCOC(=O)NC1(C(N)=O)CCCN1C(C)=O. The lowest BCUT2D eigenvalue weighted by Crippen LogP contribution is -2.65. The molecule has 0 saturated carbocycles. The molecule has 1 heterocycles. The molecule has 1 aliphatic rings. The summed E-state index contributed by atoms with van der Waals surface area (Å²) in [6.45, 7) is 3.98. The average molecular weight is 271 g/mol. The smallest absolute Gasteiger partial charge is 0.409 e. The van der Waals surface area contributed by atoms with Crippen LogP contribution in [0.1, 0.15) is 39.5 Å². The lowest BCUT2D eigenvalue weighted by molar-refractivity contribution is -0.143. The van der Waals surface area contributed by atoms with Crippen LogP contribution in [-0.2, 0) is 14.3 Å². The number of alkyl carbamates (subject to hydrolysis) is 1.